The number of nitrogens with zero attached hydrogens (tertiary/aromatic N) is 2. The molecule has 3 heteroatoms. The average Bonchev–Trinajstić information content (AvgIpc) is 2.59. The van der Waals surface area contributed by atoms with Gasteiger partial charge in [-0.05, 0) is 44.5 Å². The van der Waals surface area contributed by atoms with Gasteiger partial charge in [-0.25, -0.2) is 4.68 Å². The lowest BCUT2D eigenvalue weighted by Crippen LogP contribution is -2.05. The molecule has 0 saturated carbocycles. The highest BCUT2D eigenvalue weighted by Crippen LogP contribution is 2.17. The number of hydrogen-bond donors (Lipinski definition) is 1. The summed E-state index contributed by atoms with van der Waals surface area (Å²) in [6.45, 7) is 4.80. The van der Waals surface area contributed by atoms with Gasteiger partial charge in [0.2, 0.25) is 0 Å². The van der Waals surface area contributed by atoms with Crippen LogP contribution in [0.4, 0.5) is 0 Å². The molecule has 0 saturated heterocycles. The summed E-state index contributed by atoms with van der Waals surface area (Å²) >= 11 is 0. The molecule has 0 aliphatic heterocycles. The van der Waals surface area contributed by atoms with E-state index in [4.69, 9.17) is 5.73 Å². The van der Waals surface area contributed by atoms with Gasteiger partial charge < -0.3 is 5.73 Å². The van der Waals surface area contributed by atoms with E-state index < -0.39 is 0 Å². The van der Waals surface area contributed by atoms with Crippen LogP contribution < -0.4 is 5.73 Å². The predicted molar refractivity (Wildman–Crippen MR) is 65.8 cm³/mol. The summed E-state index contributed by atoms with van der Waals surface area (Å²) < 4.78 is 1.99. The Bertz CT molecular complexity index is 471. The second kappa shape index (κ2) is 4.49. The van der Waals surface area contributed by atoms with E-state index in [1.54, 1.807) is 0 Å². The fraction of sp³-hybridized carbons (Fsp3) is 0.308. The van der Waals surface area contributed by atoms with Crippen LogP contribution in [0.25, 0.3) is 5.69 Å². The molecule has 1 heterocycles. The molecule has 3 nitrogen and oxygen atoms in total. The Labute approximate surface area is 95.9 Å². The van der Waals surface area contributed by atoms with E-state index in [2.05, 4.69) is 24.2 Å². The molecule has 0 fully saturated rings. The summed E-state index contributed by atoms with van der Waals surface area (Å²) in [6.07, 6.45) is 0.893. The van der Waals surface area contributed by atoms with E-state index in [0.29, 0.717) is 6.54 Å². The van der Waals surface area contributed by atoms with E-state index in [0.717, 1.165) is 17.8 Å². The van der Waals surface area contributed by atoms with E-state index in [-0.39, 0.29) is 0 Å². The van der Waals surface area contributed by atoms with Crippen LogP contribution in [0.1, 0.15) is 17.0 Å². The third kappa shape index (κ3) is 1.86. The van der Waals surface area contributed by atoms with E-state index in [9.17, 15) is 0 Å². The van der Waals surface area contributed by atoms with Gasteiger partial charge in [0.05, 0.1) is 11.4 Å². The maximum atomic E-state index is 5.61. The number of aromatic nitrogens is 2. The first-order valence-corrected chi connectivity index (χ1v) is 5.54. The fourth-order valence-electron chi connectivity index (χ4n) is 2.00. The Morgan fingerprint density at radius 1 is 1.19 bits per heavy atom. The largest absolute Gasteiger partial charge is 0.330 e. The van der Waals surface area contributed by atoms with E-state index in [1.807, 2.05) is 29.8 Å². The maximum Gasteiger partial charge on any atom is 0.0648 e. The summed E-state index contributed by atoms with van der Waals surface area (Å²) in [7, 11) is 0. The zero-order chi connectivity index (χ0) is 11.5. The van der Waals surface area contributed by atoms with Crippen molar-refractivity contribution >= 4 is 0 Å². The molecule has 1 aromatic heterocycles. The molecule has 0 bridgehead atoms. The van der Waals surface area contributed by atoms with Crippen molar-refractivity contribution in [2.45, 2.75) is 20.3 Å². The molecule has 0 unspecified atom stereocenters. The minimum atomic E-state index is 0.669. The van der Waals surface area contributed by atoms with Crippen LogP contribution >= 0.6 is 0 Å². The maximum absolute atomic E-state index is 5.61. The zero-order valence-corrected chi connectivity index (χ0v) is 9.77. The molecular formula is C13H17N3. The smallest absolute Gasteiger partial charge is 0.0648 e. The van der Waals surface area contributed by atoms with E-state index >= 15 is 0 Å². The number of para-hydroxylation sites is 1. The van der Waals surface area contributed by atoms with Crippen molar-refractivity contribution in [2.24, 2.45) is 5.73 Å². The molecule has 16 heavy (non-hydrogen) atoms. The van der Waals surface area contributed by atoms with Crippen LogP contribution in [0.15, 0.2) is 30.3 Å². The van der Waals surface area contributed by atoms with Crippen LogP contribution in [-0.4, -0.2) is 16.3 Å². The quantitative estimate of drug-likeness (QED) is 0.851. The first kappa shape index (κ1) is 10.9. The predicted octanol–water partition coefficient (Wildman–Crippen LogP) is 1.99. The summed E-state index contributed by atoms with van der Waals surface area (Å²) in [6, 6.07) is 10.2. The van der Waals surface area contributed by atoms with Gasteiger partial charge in [-0.2, -0.15) is 5.10 Å². The third-order valence-electron chi connectivity index (χ3n) is 2.84. The number of hydrogen-bond acceptors (Lipinski definition) is 2. The monoisotopic (exact) mass is 215 g/mol. The molecule has 0 aliphatic rings. The Morgan fingerprint density at radius 2 is 1.88 bits per heavy atom. The fourth-order valence-corrected chi connectivity index (χ4v) is 2.00. The van der Waals surface area contributed by atoms with Crippen molar-refractivity contribution in [1.82, 2.24) is 9.78 Å². The molecule has 0 atom stereocenters. The zero-order valence-electron chi connectivity index (χ0n) is 9.77. The average molecular weight is 215 g/mol. The molecule has 0 amide bonds. The highest BCUT2D eigenvalue weighted by Gasteiger charge is 2.11. The molecule has 84 valence electrons. The Hall–Kier alpha value is -1.61. The van der Waals surface area contributed by atoms with Crippen molar-refractivity contribution in [1.29, 1.82) is 0 Å². The second-order valence-electron chi connectivity index (χ2n) is 3.94. The lowest BCUT2D eigenvalue weighted by Gasteiger charge is -2.04. The SMILES string of the molecule is Cc1nn(-c2ccccc2)c(C)c1CCN. The van der Waals surface area contributed by atoms with Crippen LogP contribution in [0.3, 0.4) is 0 Å². The summed E-state index contributed by atoms with van der Waals surface area (Å²) in [5, 5.41) is 4.56. The van der Waals surface area contributed by atoms with Crippen molar-refractivity contribution < 1.29 is 0 Å². The van der Waals surface area contributed by atoms with Gasteiger partial charge in [0.15, 0.2) is 0 Å². The molecule has 0 aliphatic carbocycles. The number of aryl methyl sites for hydroxylation is 1. The first-order chi connectivity index (χ1) is 7.74. The standard InChI is InChI=1S/C13H17N3/c1-10-13(8-9-14)11(2)16(15-10)12-6-4-3-5-7-12/h3-7H,8-9,14H2,1-2H3. The topological polar surface area (TPSA) is 43.8 Å². The second-order valence-corrected chi connectivity index (χ2v) is 3.94. The van der Waals surface area contributed by atoms with Gasteiger partial charge >= 0.3 is 0 Å². The molecule has 1 aromatic carbocycles. The van der Waals surface area contributed by atoms with Crippen molar-refractivity contribution in [3.8, 4) is 5.69 Å². The van der Waals surface area contributed by atoms with Gasteiger partial charge in [0, 0.05) is 5.69 Å². The van der Waals surface area contributed by atoms with Crippen molar-refractivity contribution in [2.75, 3.05) is 6.54 Å². The minimum Gasteiger partial charge on any atom is -0.330 e. The van der Waals surface area contributed by atoms with Crippen LogP contribution in [-0.2, 0) is 6.42 Å². The summed E-state index contributed by atoms with van der Waals surface area (Å²) in [5.41, 5.74) is 10.2. The van der Waals surface area contributed by atoms with Crippen LogP contribution in [0.2, 0.25) is 0 Å². The number of nitrogens with two attached hydrogens (primary N) is 1. The third-order valence-corrected chi connectivity index (χ3v) is 2.84. The van der Waals surface area contributed by atoms with Crippen molar-refractivity contribution in [3.63, 3.8) is 0 Å². The lowest BCUT2D eigenvalue weighted by atomic mass is 10.1. The summed E-state index contributed by atoms with van der Waals surface area (Å²) in [4.78, 5) is 0. The lowest BCUT2D eigenvalue weighted by molar-refractivity contribution is 0.832. The number of benzene rings is 1. The van der Waals surface area contributed by atoms with Gasteiger partial charge in [-0.15, -0.1) is 0 Å². The van der Waals surface area contributed by atoms with Crippen LogP contribution in [0, 0.1) is 13.8 Å². The molecular weight excluding hydrogens is 198 g/mol. The highest BCUT2D eigenvalue weighted by molar-refractivity contribution is 5.36. The van der Waals surface area contributed by atoms with Gasteiger partial charge in [-0.3, -0.25) is 0 Å². The minimum absolute atomic E-state index is 0.669. The summed E-state index contributed by atoms with van der Waals surface area (Å²) in [5.74, 6) is 0. The van der Waals surface area contributed by atoms with Gasteiger partial charge in [-0.1, -0.05) is 18.2 Å². The molecule has 2 aromatic rings. The highest BCUT2D eigenvalue weighted by atomic mass is 15.3. The van der Waals surface area contributed by atoms with Gasteiger partial charge in [0.1, 0.15) is 0 Å². The molecule has 2 N–H and O–H groups in total. The van der Waals surface area contributed by atoms with Crippen LogP contribution in [0.5, 0.6) is 0 Å². The van der Waals surface area contributed by atoms with E-state index in [1.165, 1.54) is 11.3 Å². The molecule has 0 spiro atoms. The van der Waals surface area contributed by atoms with Gasteiger partial charge in [0.25, 0.3) is 0 Å². The Morgan fingerprint density at radius 3 is 2.50 bits per heavy atom. The Balaban J connectivity index is 2.47. The molecule has 2 rings (SSSR count). The molecule has 0 radical (unpaired) electrons. The normalized spacial score (nSPS) is 10.7. The Kier molecular flexibility index (Phi) is 3.06. The first-order valence-electron chi connectivity index (χ1n) is 5.54. The van der Waals surface area contributed by atoms with Crippen molar-refractivity contribution in [3.05, 3.63) is 47.3 Å². The number of rotatable bonds is 3.